The SMILES string of the molecule is CCOc1ccc(C2=C(Sc3ccccc3)C(=O)N(c3ccc(C)cc3)C2=O)cc1. The van der Waals surface area contributed by atoms with Crippen LogP contribution >= 0.6 is 11.8 Å². The van der Waals surface area contributed by atoms with Crippen LogP contribution in [0.25, 0.3) is 5.57 Å². The van der Waals surface area contributed by atoms with Gasteiger partial charge in [0.15, 0.2) is 0 Å². The minimum atomic E-state index is -0.313. The van der Waals surface area contributed by atoms with E-state index >= 15 is 0 Å². The predicted molar refractivity (Wildman–Crippen MR) is 121 cm³/mol. The Morgan fingerprint density at radius 1 is 0.833 bits per heavy atom. The molecule has 3 aromatic rings. The third-order valence-corrected chi connectivity index (χ3v) is 5.84. The van der Waals surface area contributed by atoms with Gasteiger partial charge in [-0.3, -0.25) is 9.59 Å². The van der Waals surface area contributed by atoms with Gasteiger partial charge in [0.1, 0.15) is 5.75 Å². The summed E-state index contributed by atoms with van der Waals surface area (Å²) < 4.78 is 5.51. The Morgan fingerprint density at radius 3 is 2.13 bits per heavy atom. The summed E-state index contributed by atoms with van der Waals surface area (Å²) in [5.41, 5.74) is 2.75. The summed E-state index contributed by atoms with van der Waals surface area (Å²) >= 11 is 1.32. The van der Waals surface area contributed by atoms with Crippen molar-refractivity contribution in [3.63, 3.8) is 0 Å². The lowest BCUT2D eigenvalue weighted by Gasteiger charge is -2.15. The average Bonchev–Trinajstić information content (AvgIpc) is 3.00. The molecule has 1 aliphatic heterocycles. The first-order valence-electron chi connectivity index (χ1n) is 9.74. The van der Waals surface area contributed by atoms with Gasteiger partial charge in [-0.15, -0.1) is 0 Å². The van der Waals surface area contributed by atoms with E-state index in [1.807, 2.05) is 80.6 Å². The molecule has 0 aliphatic carbocycles. The molecule has 0 saturated carbocycles. The molecule has 4 nitrogen and oxygen atoms in total. The Kier molecular flexibility index (Phi) is 5.72. The van der Waals surface area contributed by atoms with Crippen LogP contribution in [0, 0.1) is 6.92 Å². The molecule has 0 aromatic heterocycles. The summed E-state index contributed by atoms with van der Waals surface area (Å²) in [5, 5.41) is 0. The van der Waals surface area contributed by atoms with Crippen LogP contribution in [0.15, 0.2) is 88.7 Å². The number of carbonyl (C=O) groups excluding carboxylic acids is 2. The number of aryl methyl sites for hydroxylation is 1. The van der Waals surface area contributed by atoms with E-state index in [4.69, 9.17) is 4.74 Å². The maximum atomic E-state index is 13.4. The second-order valence-corrected chi connectivity index (χ2v) is 7.94. The first kappa shape index (κ1) is 20.0. The molecule has 5 heteroatoms. The van der Waals surface area contributed by atoms with Crippen molar-refractivity contribution in [1.29, 1.82) is 0 Å². The fourth-order valence-electron chi connectivity index (χ4n) is 3.28. The second-order valence-electron chi connectivity index (χ2n) is 6.86. The summed E-state index contributed by atoms with van der Waals surface area (Å²) in [7, 11) is 0. The largest absolute Gasteiger partial charge is 0.494 e. The van der Waals surface area contributed by atoms with Gasteiger partial charge in [0.05, 0.1) is 22.8 Å². The Bertz CT molecular complexity index is 1100. The quantitative estimate of drug-likeness (QED) is 0.501. The van der Waals surface area contributed by atoms with Gasteiger partial charge in [0.25, 0.3) is 11.8 Å². The van der Waals surface area contributed by atoms with Crippen molar-refractivity contribution < 1.29 is 14.3 Å². The number of imide groups is 1. The predicted octanol–water partition coefficient (Wildman–Crippen LogP) is 5.47. The normalized spacial score (nSPS) is 13.9. The number of benzene rings is 3. The van der Waals surface area contributed by atoms with Gasteiger partial charge < -0.3 is 4.74 Å². The summed E-state index contributed by atoms with van der Waals surface area (Å²) in [4.78, 5) is 29.4. The zero-order valence-electron chi connectivity index (χ0n) is 16.8. The summed E-state index contributed by atoms with van der Waals surface area (Å²) in [5.74, 6) is 0.110. The molecule has 150 valence electrons. The van der Waals surface area contributed by atoms with Crippen molar-refractivity contribution in [1.82, 2.24) is 0 Å². The number of hydrogen-bond donors (Lipinski definition) is 0. The molecule has 3 aromatic carbocycles. The maximum Gasteiger partial charge on any atom is 0.272 e. The highest BCUT2D eigenvalue weighted by molar-refractivity contribution is 8.04. The standard InChI is InChI=1S/C25H21NO3S/c1-3-29-20-15-11-18(12-16-20)22-23(30-21-7-5-4-6-8-21)25(28)26(24(22)27)19-13-9-17(2)10-14-19/h4-16H,3H2,1-2H3. The van der Waals surface area contributed by atoms with Crippen molar-refractivity contribution >= 4 is 34.8 Å². The summed E-state index contributed by atoms with van der Waals surface area (Å²) in [6, 6.07) is 24.3. The molecule has 30 heavy (non-hydrogen) atoms. The minimum Gasteiger partial charge on any atom is -0.494 e. The van der Waals surface area contributed by atoms with E-state index in [1.54, 1.807) is 12.1 Å². The molecule has 1 aliphatic rings. The molecule has 1 heterocycles. The Morgan fingerprint density at radius 2 is 1.50 bits per heavy atom. The minimum absolute atomic E-state index is 0.304. The summed E-state index contributed by atoms with van der Waals surface area (Å²) in [6.07, 6.45) is 0. The highest BCUT2D eigenvalue weighted by atomic mass is 32.2. The second kappa shape index (κ2) is 8.59. The van der Waals surface area contributed by atoms with Crippen LogP contribution in [0.3, 0.4) is 0 Å². The van der Waals surface area contributed by atoms with Gasteiger partial charge in [0.2, 0.25) is 0 Å². The molecule has 0 unspecified atom stereocenters. The highest BCUT2D eigenvalue weighted by Gasteiger charge is 2.40. The zero-order chi connectivity index (χ0) is 21.1. The molecule has 4 rings (SSSR count). The lowest BCUT2D eigenvalue weighted by molar-refractivity contribution is -0.119. The van der Waals surface area contributed by atoms with E-state index in [1.165, 1.54) is 16.7 Å². The van der Waals surface area contributed by atoms with E-state index in [0.29, 0.717) is 28.3 Å². The van der Waals surface area contributed by atoms with E-state index in [2.05, 4.69) is 0 Å². The number of nitrogens with zero attached hydrogens (tertiary/aromatic N) is 1. The van der Waals surface area contributed by atoms with Crippen molar-refractivity contribution in [2.45, 2.75) is 18.7 Å². The first-order valence-corrected chi connectivity index (χ1v) is 10.6. The van der Waals surface area contributed by atoms with Gasteiger partial charge in [-0.25, -0.2) is 4.90 Å². The monoisotopic (exact) mass is 415 g/mol. The lowest BCUT2D eigenvalue weighted by atomic mass is 10.1. The van der Waals surface area contributed by atoms with Gasteiger partial charge in [-0.2, -0.15) is 0 Å². The number of anilines is 1. The maximum absolute atomic E-state index is 13.4. The fraction of sp³-hybridized carbons (Fsp3) is 0.120. The zero-order valence-corrected chi connectivity index (χ0v) is 17.6. The lowest BCUT2D eigenvalue weighted by Crippen LogP contribution is -2.31. The smallest absolute Gasteiger partial charge is 0.272 e. The van der Waals surface area contributed by atoms with Crippen molar-refractivity contribution in [3.05, 3.63) is 94.9 Å². The van der Waals surface area contributed by atoms with Crippen LogP contribution in [-0.2, 0) is 9.59 Å². The van der Waals surface area contributed by atoms with E-state index < -0.39 is 0 Å². The number of rotatable bonds is 6. The Hall–Kier alpha value is -3.31. The summed E-state index contributed by atoms with van der Waals surface area (Å²) in [6.45, 7) is 4.46. The number of carbonyl (C=O) groups is 2. The van der Waals surface area contributed by atoms with Crippen LogP contribution in [0.1, 0.15) is 18.1 Å². The molecule has 0 radical (unpaired) electrons. The van der Waals surface area contributed by atoms with Crippen molar-refractivity contribution in [2.24, 2.45) is 0 Å². The average molecular weight is 416 g/mol. The van der Waals surface area contributed by atoms with Gasteiger partial charge in [-0.1, -0.05) is 59.8 Å². The van der Waals surface area contributed by atoms with Crippen molar-refractivity contribution in [2.75, 3.05) is 11.5 Å². The molecule has 0 bridgehead atoms. The topological polar surface area (TPSA) is 46.6 Å². The molecular formula is C25H21NO3S. The van der Waals surface area contributed by atoms with Crippen molar-refractivity contribution in [3.8, 4) is 5.75 Å². The molecule has 0 atom stereocenters. The molecular weight excluding hydrogens is 394 g/mol. The van der Waals surface area contributed by atoms with Crippen LogP contribution in [-0.4, -0.2) is 18.4 Å². The van der Waals surface area contributed by atoms with Crippen LogP contribution in [0.4, 0.5) is 5.69 Å². The highest BCUT2D eigenvalue weighted by Crippen LogP contribution is 2.41. The van der Waals surface area contributed by atoms with Crippen LogP contribution < -0.4 is 9.64 Å². The third kappa shape index (κ3) is 3.89. The number of thioether (sulfide) groups is 1. The van der Waals surface area contributed by atoms with Gasteiger partial charge in [-0.05, 0) is 55.8 Å². The third-order valence-electron chi connectivity index (χ3n) is 4.75. The fourth-order valence-corrected chi connectivity index (χ4v) is 4.29. The van der Waals surface area contributed by atoms with Crippen LogP contribution in [0.5, 0.6) is 5.75 Å². The Labute approximate surface area is 180 Å². The molecule has 0 N–H and O–H groups in total. The Balaban J connectivity index is 1.78. The molecule has 0 saturated heterocycles. The number of hydrogen-bond acceptors (Lipinski definition) is 4. The van der Waals surface area contributed by atoms with E-state index in [-0.39, 0.29) is 11.8 Å². The molecule has 0 spiro atoms. The first-order chi connectivity index (χ1) is 14.6. The molecule has 0 fully saturated rings. The van der Waals surface area contributed by atoms with Gasteiger partial charge >= 0.3 is 0 Å². The van der Waals surface area contributed by atoms with E-state index in [0.717, 1.165) is 16.2 Å². The number of ether oxygens (including phenoxy) is 1. The molecule has 2 amide bonds. The van der Waals surface area contributed by atoms with Gasteiger partial charge in [0, 0.05) is 4.90 Å². The number of amides is 2. The van der Waals surface area contributed by atoms with E-state index in [9.17, 15) is 9.59 Å². The van der Waals surface area contributed by atoms with Crippen LogP contribution in [0.2, 0.25) is 0 Å².